The van der Waals surface area contributed by atoms with Gasteiger partial charge in [-0.15, -0.1) is 21.5 Å². The first kappa shape index (κ1) is 17.4. The molecule has 2 N–H and O–H groups in total. The summed E-state index contributed by atoms with van der Waals surface area (Å²) in [7, 11) is 0. The highest BCUT2D eigenvalue weighted by Crippen LogP contribution is 2.30. The quantitative estimate of drug-likeness (QED) is 0.489. The highest BCUT2D eigenvalue weighted by atomic mass is 32.2. The number of carbonyl (C=O) groups excluding carboxylic acids is 2. The van der Waals surface area contributed by atoms with Crippen molar-refractivity contribution in [3.63, 3.8) is 0 Å². The number of hydrogen-bond donors (Lipinski definition) is 2. The molecule has 4 rings (SSSR count). The molecule has 9 heteroatoms. The molecule has 26 heavy (non-hydrogen) atoms. The van der Waals surface area contributed by atoms with Gasteiger partial charge in [-0.1, -0.05) is 29.2 Å². The van der Waals surface area contributed by atoms with Crippen LogP contribution in [0.1, 0.15) is 49.8 Å². The van der Waals surface area contributed by atoms with Gasteiger partial charge < -0.3 is 4.98 Å². The second-order valence-electron chi connectivity index (χ2n) is 5.95. The average molecular weight is 405 g/mol. The summed E-state index contributed by atoms with van der Waals surface area (Å²) in [5, 5.41) is 13.5. The van der Waals surface area contributed by atoms with Crippen LogP contribution in [-0.2, 0) is 12.2 Å². The summed E-state index contributed by atoms with van der Waals surface area (Å²) in [6, 6.07) is 4.10. The normalized spacial score (nSPS) is 13.7. The molecule has 0 atom stereocenters. The third-order valence-corrected chi connectivity index (χ3v) is 7.29. The number of nitrogens with zero attached hydrogens (tertiary/aromatic N) is 2. The van der Waals surface area contributed by atoms with Crippen molar-refractivity contribution < 1.29 is 9.59 Å². The molecule has 3 heterocycles. The molecule has 134 valence electrons. The van der Waals surface area contributed by atoms with Gasteiger partial charge in [-0.25, -0.2) is 0 Å². The predicted octanol–water partition coefficient (Wildman–Crippen LogP) is 4.30. The highest BCUT2D eigenvalue weighted by Gasteiger charge is 2.26. The number of fused-ring (bicyclic) bond motifs is 1. The van der Waals surface area contributed by atoms with Gasteiger partial charge in [0, 0.05) is 28.3 Å². The number of aromatic amines is 1. The molecule has 0 aromatic carbocycles. The van der Waals surface area contributed by atoms with Crippen LogP contribution in [0.4, 0.5) is 5.13 Å². The standard InChI is InChI=1S/C17H16N4O2S3/c1-9-13-11(5-2-6-12(13)22)18-14(9)15(23)19-16-20-21-17(26-16)25-8-10-4-3-7-24-10/h3-4,7,18H,2,5-6,8H2,1H3,(H,19,20,23). The monoisotopic (exact) mass is 404 g/mol. The van der Waals surface area contributed by atoms with E-state index in [-0.39, 0.29) is 11.7 Å². The Morgan fingerprint density at radius 1 is 1.38 bits per heavy atom. The van der Waals surface area contributed by atoms with E-state index in [1.165, 1.54) is 16.2 Å². The molecular weight excluding hydrogens is 388 g/mol. The fourth-order valence-corrected chi connectivity index (χ4v) is 5.53. The first-order chi connectivity index (χ1) is 12.6. The first-order valence-corrected chi connectivity index (χ1v) is 10.8. The number of ketones is 1. The summed E-state index contributed by atoms with van der Waals surface area (Å²) >= 11 is 4.66. The van der Waals surface area contributed by atoms with Crippen molar-refractivity contribution in [1.82, 2.24) is 15.2 Å². The lowest BCUT2D eigenvalue weighted by atomic mass is 9.94. The molecule has 0 saturated carbocycles. The lowest BCUT2D eigenvalue weighted by Crippen LogP contribution is -2.13. The largest absolute Gasteiger partial charge is 0.354 e. The molecule has 1 amide bonds. The maximum absolute atomic E-state index is 12.6. The van der Waals surface area contributed by atoms with Crippen LogP contribution in [0, 0.1) is 6.92 Å². The van der Waals surface area contributed by atoms with Crippen molar-refractivity contribution in [2.75, 3.05) is 5.32 Å². The average Bonchev–Trinajstić information content (AvgIpc) is 3.34. The van der Waals surface area contributed by atoms with Crippen molar-refractivity contribution in [2.45, 2.75) is 36.3 Å². The van der Waals surface area contributed by atoms with Gasteiger partial charge in [0.05, 0.1) is 0 Å². The van der Waals surface area contributed by atoms with Crippen LogP contribution in [-0.4, -0.2) is 26.9 Å². The van der Waals surface area contributed by atoms with Crippen molar-refractivity contribution in [1.29, 1.82) is 0 Å². The van der Waals surface area contributed by atoms with Crippen LogP contribution in [0.5, 0.6) is 0 Å². The van der Waals surface area contributed by atoms with Crippen LogP contribution < -0.4 is 5.32 Å². The van der Waals surface area contributed by atoms with E-state index in [9.17, 15) is 9.59 Å². The number of aromatic nitrogens is 3. The van der Waals surface area contributed by atoms with Crippen molar-refractivity contribution in [3.8, 4) is 0 Å². The molecule has 0 fully saturated rings. The maximum Gasteiger partial charge on any atom is 0.274 e. The second-order valence-corrected chi connectivity index (χ2v) is 9.18. The molecule has 1 aliphatic carbocycles. The van der Waals surface area contributed by atoms with Crippen LogP contribution >= 0.6 is 34.4 Å². The van der Waals surface area contributed by atoms with Crippen molar-refractivity contribution >= 4 is 51.3 Å². The van der Waals surface area contributed by atoms with E-state index < -0.39 is 0 Å². The smallest absolute Gasteiger partial charge is 0.274 e. The number of carbonyl (C=O) groups is 2. The number of rotatable bonds is 5. The van der Waals surface area contributed by atoms with Crippen molar-refractivity contribution in [2.24, 2.45) is 0 Å². The Kier molecular flexibility index (Phi) is 4.92. The molecule has 3 aromatic rings. The molecule has 0 spiro atoms. The van der Waals surface area contributed by atoms with E-state index in [4.69, 9.17) is 0 Å². The van der Waals surface area contributed by atoms with Gasteiger partial charge >= 0.3 is 0 Å². The molecule has 0 aliphatic heterocycles. The Morgan fingerprint density at radius 3 is 3.04 bits per heavy atom. The Morgan fingerprint density at radius 2 is 2.27 bits per heavy atom. The number of anilines is 1. The SMILES string of the molecule is Cc1c(C(=O)Nc2nnc(SCc3cccs3)s2)[nH]c2c1C(=O)CCC2. The summed E-state index contributed by atoms with van der Waals surface area (Å²) in [6.07, 6.45) is 2.18. The van der Waals surface area contributed by atoms with Gasteiger partial charge in [0.2, 0.25) is 5.13 Å². The Bertz CT molecular complexity index is 959. The van der Waals surface area contributed by atoms with Gasteiger partial charge in [0.1, 0.15) is 5.69 Å². The fraction of sp³-hybridized carbons (Fsp3) is 0.294. The molecule has 0 saturated heterocycles. The van der Waals surface area contributed by atoms with Crippen LogP contribution in [0.2, 0.25) is 0 Å². The summed E-state index contributed by atoms with van der Waals surface area (Å²) < 4.78 is 0.811. The first-order valence-electron chi connectivity index (χ1n) is 8.16. The van der Waals surface area contributed by atoms with Gasteiger partial charge in [0.25, 0.3) is 5.91 Å². The summed E-state index contributed by atoms with van der Waals surface area (Å²) in [5.74, 6) is 0.669. The van der Waals surface area contributed by atoms with Gasteiger partial charge in [-0.3, -0.25) is 14.9 Å². The highest BCUT2D eigenvalue weighted by molar-refractivity contribution is 8.00. The number of thioether (sulfide) groups is 1. The van der Waals surface area contributed by atoms with E-state index in [1.54, 1.807) is 23.1 Å². The fourth-order valence-electron chi connectivity index (χ4n) is 3.01. The summed E-state index contributed by atoms with van der Waals surface area (Å²) in [4.78, 5) is 29.1. The number of Topliss-reactive ketones (excluding diaryl/α,β-unsaturated/α-hetero) is 1. The van der Waals surface area contributed by atoms with Gasteiger partial charge in [-0.05, 0) is 36.8 Å². The molecule has 0 radical (unpaired) electrons. The number of aryl methyl sites for hydroxylation is 1. The van der Waals surface area contributed by atoms with Gasteiger partial charge in [0.15, 0.2) is 10.1 Å². The molecule has 3 aromatic heterocycles. The van der Waals surface area contributed by atoms with Crippen LogP contribution in [0.3, 0.4) is 0 Å². The minimum atomic E-state index is -0.282. The number of hydrogen-bond acceptors (Lipinski definition) is 7. The molecular formula is C17H16N4O2S3. The lowest BCUT2D eigenvalue weighted by molar-refractivity contribution is 0.0971. The molecule has 0 bridgehead atoms. The second kappa shape index (κ2) is 7.34. The zero-order chi connectivity index (χ0) is 18.1. The van der Waals surface area contributed by atoms with E-state index in [0.29, 0.717) is 22.8 Å². The Balaban J connectivity index is 1.45. The zero-order valence-electron chi connectivity index (χ0n) is 14.0. The number of thiophene rings is 1. The van der Waals surface area contributed by atoms with E-state index in [2.05, 4.69) is 26.6 Å². The number of amides is 1. The van der Waals surface area contributed by atoms with Gasteiger partial charge in [-0.2, -0.15) is 0 Å². The predicted molar refractivity (Wildman–Crippen MR) is 105 cm³/mol. The lowest BCUT2D eigenvalue weighted by Gasteiger charge is -2.09. The topological polar surface area (TPSA) is 87.7 Å². The van der Waals surface area contributed by atoms with E-state index in [0.717, 1.165) is 34.2 Å². The van der Waals surface area contributed by atoms with Crippen molar-refractivity contribution in [3.05, 3.63) is 44.9 Å². The third kappa shape index (κ3) is 3.46. The number of H-pyrrole nitrogens is 1. The van der Waals surface area contributed by atoms with Crippen LogP contribution in [0.25, 0.3) is 0 Å². The minimum absolute atomic E-state index is 0.113. The summed E-state index contributed by atoms with van der Waals surface area (Å²) in [6.45, 7) is 1.82. The Labute approximate surface area is 162 Å². The molecule has 6 nitrogen and oxygen atoms in total. The van der Waals surface area contributed by atoms with E-state index in [1.807, 2.05) is 18.4 Å². The molecule has 1 aliphatic rings. The zero-order valence-corrected chi connectivity index (χ0v) is 16.4. The Hall–Kier alpha value is -1.97. The van der Waals surface area contributed by atoms with E-state index >= 15 is 0 Å². The maximum atomic E-state index is 12.6. The minimum Gasteiger partial charge on any atom is -0.354 e. The third-order valence-electron chi connectivity index (χ3n) is 4.21. The van der Waals surface area contributed by atoms with Crippen LogP contribution in [0.15, 0.2) is 21.9 Å². The molecule has 0 unspecified atom stereocenters. The summed E-state index contributed by atoms with van der Waals surface area (Å²) in [5.41, 5.74) is 2.71. The number of nitrogens with one attached hydrogen (secondary N) is 2.